The Bertz CT molecular complexity index is 517. The van der Waals surface area contributed by atoms with E-state index in [0.29, 0.717) is 0 Å². The zero-order valence-electron chi connectivity index (χ0n) is 10.1. The second kappa shape index (κ2) is 6.22. The number of alkyl halides is 3. The van der Waals surface area contributed by atoms with Gasteiger partial charge in [-0.05, 0) is 18.6 Å². The summed E-state index contributed by atoms with van der Waals surface area (Å²) in [7, 11) is 0. The first-order valence-electron chi connectivity index (χ1n) is 5.53. The van der Waals surface area contributed by atoms with Crippen LogP contribution >= 0.6 is 0 Å². The lowest BCUT2D eigenvalue weighted by atomic mass is 10.1. The van der Waals surface area contributed by atoms with Gasteiger partial charge in [0.15, 0.2) is 0 Å². The number of halogens is 3. The number of nitrogens with zero attached hydrogens (tertiary/aromatic N) is 1. The third-order valence-electron chi connectivity index (χ3n) is 2.39. The van der Waals surface area contributed by atoms with E-state index in [2.05, 4.69) is 5.32 Å². The number of carboxylic acid groups (broad SMARTS) is 1. The van der Waals surface area contributed by atoms with Crippen LogP contribution in [0.1, 0.15) is 23.2 Å². The van der Waals surface area contributed by atoms with Gasteiger partial charge in [-0.15, -0.1) is 0 Å². The van der Waals surface area contributed by atoms with Gasteiger partial charge in [-0.1, -0.05) is 0 Å². The van der Waals surface area contributed by atoms with Crippen molar-refractivity contribution < 1.29 is 28.0 Å². The fourth-order valence-corrected chi connectivity index (χ4v) is 1.50. The standard InChI is InChI=1S/C11H11F3N2O4/c12-11(13,14)4-1-5-15-7-2-3-9(16(19)20)8(6-7)10(17)18/h2-3,6,15H,1,4-5H2,(H,17,18). The molecule has 20 heavy (non-hydrogen) atoms. The average molecular weight is 292 g/mol. The molecule has 1 rings (SSSR count). The molecular weight excluding hydrogens is 281 g/mol. The topological polar surface area (TPSA) is 92.5 Å². The molecule has 0 fully saturated rings. The van der Waals surface area contributed by atoms with Crippen LogP contribution in [-0.4, -0.2) is 28.7 Å². The second-order valence-electron chi connectivity index (χ2n) is 3.94. The molecule has 0 bridgehead atoms. The first kappa shape index (κ1) is 15.7. The highest BCUT2D eigenvalue weighted by atomic mass is 19.4. The number of carbonyl (C=O) groups is 1. The maximum absolute atomic E-state index is 11.9. The SMILES string of the molecule is O=C(O)c1cc(NCCCC(F)(F)F)ccc1[N+](=O)[O-]. The van der Waals surface area contributed by atoms with Crippen LogP contribution in [0.15, 0.2) is 18.2 Å². The Kier molecular flexibility index (Phi) is 4.89. The molecule has 0 aliphatic carbocycles. The van der Waals surface area contributed by atoms with E-state index in [1.54, 1.807) is 0 Å². The normalized spacial score (nSPS) is 11.2. The monoisotopic (exact) mass is 292 g/mol. The Balaban J connectivity index is 2.71. The van der Waals surface area contributed by atoms with Crippen molar-refractivity contribution in [3.63, 3.8) is 0 Å². The molecule has 0 saturated carbocycles. The number of anilines is 1. The maximum atomic E-state index is 11.9. The van der Waals surface area contributed by atoms with Crippen LogP contribution in [0, 0.1) is 10.1 Å². The first-order chi connectivity index (χ1) is 9.20. The van der Waals surface area contributed by atoms with Gasteiger partial charge >= 0.3 is 12.1 Å². The number of aromatic carboxylic acids is 1. The zero-order chi connectivity index (χ0) is 15.3. The Morgan fingerprint density at radius 3 is 2.55 bits per heavy atom. The van der Waals surface area contributed by atoms with Gasteiger partial charge in [-0.3, -0.25) is 10.1 Å². The molecule has 0 amide bonds. The minimum Gasteiger partial charge on any atom is -0.477 e. The first-order valence-corrected chi connectivity index (χ1v) is 5.53. The van der Waals surface area contributed by atoms with E-state index in [4.69, 9.17) is 5.11 Å². The Hall–Kier alpha value is -2.32. The predicted octanol–water partition coefficient (Wildman–Crippen LogP) is 3.05. The number of nitro groups is 1. The number of nitrogens with one attached hydrogen (secondary N) is 1. The molecule has 110 valence electrons. The van der Waals surface area contributed by atoms with Crippen LogP contribution in [0.2, 0.25) is 0 Å². The van der Waals surface area contributed by atoms with Gasteiger partial charge in [-0.2, -0.15) is 13.2 Å². The van der Waals surface area contributed by atoms with Crippen molar-refractivity contribution in [3.8, 4) is 0 Å². The molecular formula is C11H11F3N2O4. The molecule has 1 aromatic carbocycles. The van der Waals surface area contributed by atoms with Crippen molar-refractivity contribution >= 4 is 17.3 Å². The smallest absolute Gasteiger partial charge is 0.389 e. The number of nitro benzene ring substituents is 1. The van der Waals surface area contributed by atoms with Gasteiger partial charge in [0.2, 0.25) is 0 Å². The second-order valence-corrected chi connectivity index (χ2v) is 3.94. The molecule has 9 heteroatoms. The summed E-state index contributed by atoms with van der Waals surface area (Å²) >= 11 is 0. The molecule has 0 unspecified atom stereocenters. The van der Waals surface area contributed by atoms with Crippen molar-refractivity contribution in [1.29, 1.82) is 0 Å². The van der Waals surface area contributed by atoms with Crippen LogP contribution in [0.25, 0.3) is 0 Å². The lowest BCUT2D eigenvalue weighted by Crippen LogP contribution is -2.11. The summed E-state index contributed by atoms with van der Waals surface area (Å²) in [6.07, 6.45) is -5.38. The van der Waals surface area contributed by atoms with Crippen LogP contribution < -0.4 is 5.32 Å². The van der Waals surface area contributed by atoms with E-state index in [9.17, 15) is 28.1 Å². The summed E-state index contributed by atoms with van der Waals surface area (Å²) in [6, 6.07) is 3.27. The van der Waals surface area contributed by atoms with Gasteiger partial charge in [-0.25, -0.2) is 4.79 Å². The molecule has 0 spiro atoms. The summed E-state index contributed by atoms with van der Waals surface area (Å²) < 4.78 is 35.7. The van der Waals surface area contributed by atoms with Crippen LogP contribution in [0.3, 0.4) is 0 Å². The summed E-state index contributed by atoms with van der Waals surface area (Å²) in [5.74, 6) is -1.48. The molecule has 0 aromatic heterocycles. The third kappa shape index (κ3) is 4.75. The van der Waals surface area contributed by atoms with Crippen LogP contribution in [0.5, 0.6) is 0 Å². The molecule has 0 heterocycles. The van der Waals surface area contributed by atoms with E-state index in [-0.39, 0.29) is 18.7 Å². The molecule has 0 radical (unpaired) electrons. The quantitative estimate of drug-likeness (QED) is 0.477. The Labute approximate surface area is 111 Å². The zero-order valence-corrected chi connectivity index (χ0v) is 10.1. The summed E-state index contributed by atoms with van der Waals surface area (Å²) in [4.78, 5) is 20.6. The lowest BCUT2D eigenvalue weighted by molar-refractivity contribution is -0.385. The summed E-state index contributed by atoms with van der Waals surface area (Å²) in [5.41, 5.74) is -0.871. The molecule has 2 N–H and O–H groups in total. The van der Waals surface area contributed by atoms with Crippen molar-refractivity contribution in [2.24, 2.45) is 0 Å². The number of rotatable bonds is 6. The Morgan fingerprint density at radius 2 is 2.05 bits per heavy atom. The third-order valence-corrected chi connectivity index (χ3v) is 2.39. The highest BCUT2D eigenvalue weighted by Gasteiger charge is 2.26. The summed E-state index contributed by atoms with van der Waals surface area (Å²) in [6.45, 7) is -0.0175. The van der Waals surface area contributed by atoms with Crippen molar-refractivity contribution in [3.05, 3.63) is 33.9 Å². The molecule has 0 aliphatic rings. The molecule has 0 atom stereocenters. The van der Waals surface area contributed by atoms with E-state index in [0.717, 1.165) is 12.1 Å². The maximum Gasteiger partial charge on any atom is 0.389 e. The van der Waals surface area contributed by atoms with Crippen LogP contribution in [0.4, 0.5) is 24.5 Å². The van der Waals surface area contributed by atoms with Gasteiger partial charge < -0.3 is 10.4 Å². The number of hydrogen-bond donors (Lipinski definition) is 2. The van der Waals surface area contributed by atoms with E-state index < -0.39 is 34.7 Å². The minimum atomic E-state index is -4.25. The van der Waals surface area contributed by atoms with Gasteiger partial charge in [0.25, 0.3) is 5.69 Å². The number of hydrogen-bond acceptors (Lipinski definition) is 4. The molecule has 0 saturated heterocycles. The highest BCUT2D eigenvalue weighted by molar-refractivity contribution is 5.93. The number of benzene rings is 1. The average Bonchev–Trinajstić information content (AvgIpc) is 2.33. The summed E-state index contributed by atoms with van der Waals surface area (Å²) in [5, 5.41) is 22.0. The molecule has 0 aliphatic heterocycles. The van der Waals surface area contributed by atoms with Gasteiger partial charge in [0.1, 0.15) is 5.56 Å². The Morgan fingerprint density at radius 1 is 1.40 bits per heavy atom. The van der Waals surface area contributed by atoms with Crippen LogP contribution in [-0.2, 0) is 0 Å². The van der Waals surface area contributed by atoms with E-state index in [1.807, 2.05) is 0 Å². The predicted molar refractivity (Wildman–Crippen MR) is 63.8 cm³/mol. The molecule has 6 nitrogen and oxygen atoms in total. The molecule has 1 aromatic rings. The number of carboxylic acids is 1. The lowest BCUT2D eigenvalue weighted by Gasteiger charge is -2.09. The van der Waals surface area contributed by atoms with Gasteiger partial charge in [0.05, 0.1) is 4.92 Å². The minimum absolute atomic E-state index is 0.0175. The van der Waals surface area contributed by atoms with Crippen molar-refractivity contribution in [2.75, 3.05) is 11.9 Å². The van der Waals surface area contributed by atoms with E-state index >= 15 is 0 Å². The fourth-order valence-electron chi connectivity index (χ4n) is 1.50. The van der Waals surface area contributed by atoms with Crippen molar-refractivity contribution in [2.45, 2.75) is 19.0 Å². The van der Waals surface area contributed by atoms with E-state index in [1.165, 1.54) is 6.07 Å². The van der Waals surface area contributed by atoms with Gasteiger partial charge in [0, 0.05) is 24.7 Å². The highest BCUT2D eigenvalue weighted by Crippen LogP contribution is 2.24. The fraction of sp³-hybridized carbons (Fsp3) is 0.364. The largest absolute Gasteiger partial charge is 0.477 e. The van der Waals surface area contributed by atoms with Crippen molar-refractivity contribution in [1.82, 2.24) is 0 Å².